The van der Waals surface area contributed by atoms with E-state index in [9.17, 15) is 9.18 Å². The second kappa shape index (κ2) is 7.84. The van der Waals surface area contributed by atoms with Crippen LogP contribution in [0.15, 0.2) is 39.7 Å². The fourth-order valence-corrected chi connectivity index (χ4v) is 3.93. The zero-order valence-electron chi connectivity index (χ0n) is 14.9. The molecule has 0 aliphatic heterocycles. The summed E-state index contributed by atoms with van der Waals surface area (Å²) in [5, 5.41) is 3.85. The van der Waals surface area contributed by atoms with Gasteiger partial charge in [-0.25, -0.2) is 4.39 Å². The average molecular weight is 435 g/mol. The van der Waals surface area contributed by atoms with E-state index >= 15 is 0 Å². The molecule has 2 aromatic carbocycles. The van der Waals surface area contributed by atoms with E-state index in [0.29, 0.717) is 24.0 Å². The summed E-state index contributed by atoms with van der Waals surface area (Å²) < 4.78 is 15.0. The first-order chi connectivity index (χ1) is 12.4. The molecule has 1 amide bonds. The highest BCUT2D eigenvalue weighted by atomic mass is 79.9. The Morgan fingerprint density at radius 2 is 1.96 bits per heavy atom. The molecule has 3 aromatic rings. The van der Waals surface area contributed by atoms with E-state index in [1.165, 1.54) is 6.07 Å². The summed E-state index contributed by atoms with van der Waals surface area (Å²) in [6, 6.07) is 9.01. The van der Waals surface area contributed by atoms with Crippen LogP contribution in [0.4, 0.5) is 4.39 Å². The highest BCUT2D eigenvalue weighted by Gasteiger charge is 2.16. The molecule has 0 radical (unpaired) electrons. The van der Waals surface area contributed by atoms with E-state index < -0.39 is 0 Å². The first-order valence-electron chi connectivity index (χ1n) is 8.30. The summed E-state index contributed by atoms with van der Waals surface area (Å²) >= 11 is 5.06. The van der Waals surface area contributed by atoms with Crippen LogP contribution >= 0.6 is 27.7 Å². The van der Waals surface area contributed by atoms with E-state index in [2.05, 4.69) is 26.2 Å². The fraction of sp³-hybridized carbons (Fsp3) is 0.250. The third-order valence-electron chi connectivity index (χ3n) is 4.56. The Morgan fingerprint density at radius 3 is 2.62 bits per heavy atom. The number of aromatic amines is 1. The molecule has 1 aromatic heterocycles. The maximum Gasteiger partial charge on any atom is 0.251 e. The monoisotopic (exact) mass is 434 g/mol. The number of aromatic nitrogens is 1. The summed E-state index contributed by atoms with van der Waals surface area (Å²) in [6.45, 7) is 4.39. The van der Waals surface area contributed by atoms with Crippen molar-refractivity contribution >= 4 is 44.5 Å². The number of thioether (sulfide) groups is 1. The van der Waals surface area contributed by atoms with Crippen LogP contribution < -0.4 is 5.32 Å². The number of aryl methyl sites for hydroxylation is 2. The van der Waals surface area contributed by atoms with Gasteiger partial charge in [-0.2, -0.15) is 0 Å². The van der Waals surface area contributed by atoms with Gasteiger partial charge in [-0.3, -0.25) is 4.79 Å². The lowest BCUT2D eigenvalue weighted by molar-refractivity contribution is 0.0954. The molecule has 0 aliphatic rings. The molecule has 136 valence electrons. The fourth-order valence-electron chi connectivity index (χ4n) is 3.13. The normalized spacial score (nSPS) is 11.1. The van der Waals surface area contributed by atoms with Crippen LogP contribution in [0.1, 0.15) is 27.2 Å². The number of amides is 1. The number of carbonyl (C=O) groups excluding carboxylic acids is 1. The number of halogens is 2. The summed E-state index contributed by atoms with van der Waals surface area (Å²) in [6.07, 6.45) is 2.64. The molecule has 0 unspecified atom stereocenters. The third-order valence-corrected chi connectivity index (χ3v) is 6.12. The lowest BCUT2D eigenvalue weighted by Crippen LogP contribution is -2.25. The Bertz CT molecular complexity index is 966. The highest BCUT2D eigenvalue weighted by molar-refractivity contribution is 9.10. The van der Waals surface area contributed by atoms with Crippen molar-refractivity contribution in [2.75, 3.05) is 12.8 Å². The molecular weight excluding hydrogens is 415 g/mol. The van der Waals surface area contributed by atoms with Crippen LogP contribution in [0.3, 0.4) is 0 Å². The van der Waals surface area contributed by atoms with Crippen molar-refractivity contribution in [2.45, 2.75) is 25.2 Å². The van der Waals surface area contributed by atoms with E-state index in [4.69, 9.17) is 0 Å². The summed E-state index contributed by atoms with van der Waals surface area (Å²) in [7, 11) is 0. The Labute approximate surface area is 164 Å². The minimum absolute atomic E-state index is 0.0979. The van der Waals surface area contributed by atoms with Crippen molar-refractivity contribution in [2.24, 2.45) is 0 Å². The van der Waals surface area contributed by atoms with Gasteiger partial charge in [0.2, 0.25) is 0 Å². The Balaban J connectivity index is 1.75. The smallest absolute Gasteiger partial charge is 0.251 e. The van der Waals surface area contributed by atoms with E-state index in [-0.39, 0.29) is 11.7 Å². The molecule has 26 heavy (non-hydrogen) atoms. The predicted molar refractivity (Wildman–Crippen MR) is 110 cm³/mol. The zero-order valence-corrected chi connectivity index (χ0v) is 17.3. The molecule has 0 spiro atoms. The lowest BCUT2D eigenvalue weighted by atomic mass is 10.0. The number of nitrogens with one attached hydrogen (secondary N) is 2. The molecule has 1 heterocycles. The van der Waals surface area contributed by atoms with Gasteiger partial charge in [0, 0.05) is 32.6 Å². The van der Waals surface area contributed by atoms with E-state index in [0.717, 1.165) is 31.6 Å². The summed E-state index contributed by atoms with van der Waals surface area (Å²) in [5.41, 5.74) is 4.13. The number of fused-ring (bicyclic) bond motifs is 1. The summed E-state index contributed by atoms with van der Waals surface area (Å²) in [4.78, 5) is 16.6. The molecule has 0 fully saturated rings. The third kappa shape index (κ3) is 3.67. The molecule has 0 atom stereocenters. The molecule has 0 saturated carbocycles. The molecule has 0 saturated heterocycles. The van der Waals surface area contributed by atoms with Crippen LogP contribution in [0.2, 0.25) is 0 Å². The van der Waals surface area contributed by atoms with Crippen LogP contribution in [0.25, 0.3) is 10.9 Å². The largest absolute Gasteiger partial charge is 0.356 e. The first-order valence-corrected chi connectivity index (χ1v) is 10.3. The number of rotatable bonds is 5. The van der Waals surface area contributed by atoms with Crippen molar-refractivity contribution in [3.8, 4) is 0 Å². The second-order valence-electron chi connectivity index (χ2n) is 6.18. The number of carbonyl (C=O) groups is 1. The van der Waals surface area contributed by atoms with Gasteiger partial charge in [0.15, 0.2) is 0 Å². The van der Waals surface area contributed by atoms with Gasteiger partial charge in [0.1, 0.15) is 5.82 Å². The van der Waals surface area contributed by atoms with Gasteiger partial charge in [-0.1, -0.05) is 15.9 Å². The minimum atomic E-state index is -0.273. The second-order valence-corrected chi connectivity index (χ2v) is 7.91. The first kappa shape index (κ1) is 19.0. The van der Waals surface area contributed by atoms with Crippen molar-refractivity contribution in [1.29, 1.82) is 0 Å². The van der Waals surface area contributed by atoms with Crippen LogP contribution in [-0.4, -0.2) is 23.7 Å². The SMILES string of the molecule is CSc1ccc(C(=O)NCCc2c(C)[nH]c3c(F)cc(Br)c(C)c23)cc1. The average Bonchev–Trinajstić information content (AvgIpc) is 2.97. The van der Waals surface area contributed by atoms with Crippen molar-refractivity contribution in [3.63, 3.8) is 0 Å². The highest BCUT2D eigenvalue weighted by Crippen LogP contribution is 2.32. The van der Waals surface area contributed by atoms with Crippen LogP contribution in [0, 0.1) is 19.7 Å². The number of hydrogen-bond acceptors (Lipinski definition) is 2. The maximum absolute atomic E-state index is 14.2. The molecule has 2 N–H and O–H groups in total. The zero-order chi connectivity index (χ0) is 18.8. The number of hydrogen-bond donors (Lipinski definition) is 2. The predicted octanol–water partition coefficient (Wildman–Crippen LogP) is 5.38. The van der Waals surface area contributed by atoms with Crippen molar-refractivity contribution in [3.05, 3.63) is 63.0 Å². The number of benzene rings is 2. The van der Waals surface area contributed by atoms with Crippen molar-refractivity contribution < 1.29 is 9.18 Å². The molecule has 0 aliphatic carbocycles. The Hall–Kier alpha value is -1.79. The van der Waals surface area contributed by atoms with Gasteiger partial charge in [-0.05, 0) is 68.0 Å². The van der Waals surface area contributed by atoms with E-state index in [1.54, 1.807) is 11.8 Å². The Morgan fingerprint density at radius 1 is 1.27 bits per heavy atom. The van der Waals surface area contributed by atoms with Crippen molar-refractivity contribution in [1.82, 2.24) is 10.3 Å². The van der Waals surface area contributed by atoms with Gasteiger partial charge in [-0.15, -0.1) is 11.8 Å². The van der Waals surface area contributed by atoms with Gasteiger partial charge < -0.3 is 10.3 Å². The topological polar surface area (TPSA) is 44.9 Å². The molecule has 0 bridgehead atoms. The van der Waals surface area contributed by atoms with Crippen LogP contribution in [-0.2, 0) is 6.42 Å². The molecule has 3 rings (SSSR count). The minimum Gasteiger partial charge on any atom is -0.356 e. The standard InChI is InChI=1S/C20H20BrFN2OS/c1-11-16(21)10-17(22)19-18(11)15(12(2)24-19)8-9-23-20(25)13-4-6-14(26-3)7-5-13/h4-7,10,24H,8-9H2,1-3H3,(H,23,25). The Kier molecular flexibility index (Phi) is 5.73. The van der Waals surface area contributed by atoms with Gasteiger partial charge >= 0.3 is 0 Å². The van der Waals surface area contributed by atoms with E-state index in [1.807, 2.05) is 44.4 Å². The molecule has 3 nitrogen and oxygen atoms in total. The van der Waals surface area contributed by atoms with Gasteiger partial charge in [0.25, 0.3) is 5.91 Å². The number of H-pyrrole nitrogens is 1. The maximum atomic E-state index is 14.2. The summed E-state index contributed by atoms with van der Waals surface area (Å²) in [5.74, 6) is -0.371. The molecule has 6 heteroatoms. The quantitative estimate of drug-likeness (QED) is 0.529. The molecular formula is C20H20BrFN2OS. The lowest BCUT2D eigenvalue weighted by Gasteiger charge is -2.08. The van der Waals surface area contributed by atoms with Crippen LogP contribution in [0.5, 0.6) is 0 Å². The van der Waals surface area contributed by atoms with Gasteiger partial charge in [0.05, 0.1) is 5.52 Å².